The molecule has 0 saturated carbocycles. The lowest BCUT2D eigenvalue weighted by Crippen LogP contribution is -2.07. The second-order valence-corrected chi connectivity index (χ2v) is 4.79. The molecule has 0 fully saturated rings. The topological polar surface area (TPSA) is 20.2 Å². The number of hydrogen-bond acceptors (Lipinski definition) is 1. The third kappa shape index (κ3) is 2.70. The van der Waals surface area contributed by atoms with Crippen molar-refractivity contribution in [2.45, 2.75) is 26.6 Å². The summed E-state index contributed by atoms with van der Waals surface area (Å²) >= 11 is 0. The third-order valence-corrected chi connectivity index (χ3v) is 3.40. The second kappa shape index (κ2) is 5.29. The van der Waals surface area contributed by atoms with Gasteiger partial charge in [-0.25, -0.2) is 0 Å². The van der Waals surface area contributed by atoms with Gasteiger partial charge in [-0.15, -0.1) is 0 Å². The Balaban J connectivity index is 2.64. The van der Waals surface area contributed by atoms with Crippen molar-refractivity contribution in [2.24, 2.45) is 0 Å². The highest BCUT2D eigenvalue weighted by molar-refractivity contribution is 5.70. The van der Waals surface area contributed by atoms with Gasteiger partial charge < -0.3 is 5.11 Å². The quantitative estimate of drug-likeness (QED) is 0.859. The average molecular weight is 280 g/mol. The molecule has 0 aliphatic carbocycles. The molecule has 0 atom stereocenters. The Bertz CT molecular complexity index is 607. The summed E-state index contributed by atoms with van der Waals surface area (Å²) in [7, 11) is 0. The zero-order chi connectivity index (χ0) is 14.9. The Kier molecular flexibility index (Phi) is 3.86. The lowest BCUT2D eigenvalue weighted by molar-refractivity contribution is -0.137. The summed E-state index contributed by atoms with van der Waals surface area (Å²) < 4.78 is 39.1. The Morgan fingerprint density at radius 3 is 2.05 bits per heavy atom. The van der Waals surface area contributed by atoms with Crippen LogP contribution in [0.5, 0.6) is 0 Å². The fourth-order valence-corrected chi connectivity index (χ4v) is 2.38. The zero-order valence-electron chi connectivity index (χ0n) is 11.3. The van der Waals surface area contributed by atoms with E-state index in [1.807, 2.05) is 0 Å². The highest BCUT2D eigenvalue weighted by Gasteiger charge is 2.33. The van der Waals surface area contributed by atoms with E-state index in [9.17, 15) is 18.3 Å². The van der Waals surface area contributed by atoms with E-state index in [0.717, 1.165) is 22.8 Å². The fourth-order valence-electron chi connectivity index (χ4n) is 2.38. The van der Waals surface area contributed by atoms with Crippen LogP contribution >= 0.6 is 0 Å². The number of benzene rings is 2. The van der Waals surface area contributed by atoms with Crippen LogP contribution in [0.2, 0.25) is 0 Å². The average Bonchev–Trinajstić information content (AvgIpc) is 2.37. The van der Waals surface area contributed by atoms with Crippen molar-refractivity contribution in [3.63, 3.8) is 0 Å². The van der Waals surface area contributed by atoms with Crippen LogP contribution in [0.15, 0.2) is 36.4 Å². The van der Waals surface area contributed by atoms with E-state index in [1.54, 1.807) is 32.0 Å². The number of aliphatic hydroxyl groups excluding tert-OH is 1. The number of aryl methyl sites for hydroxylation is 2. The van der Waals surface area contributed by atoms with Crippen molar-refractivity contribution in [1.82, 2.24) is 0 Å². The van der Waals surface area contributed by atoms with Crippen molar-refractivity contribution in [2.75, 3.05) is 0 Å². The van der Waals surface area contributed by atoms with Gasteiger partial charge in [-0.1, -0.05) is 30.3 Å². The molecule has 0 unspecified atom stereocenters. The van der Waals surface area contributed by atoms with E-state index in [4.69, 9.17) is 0 Å². The van der Waals surface area contributed by atoms with Gasteiger partial charge in [0.2, 0.25) is 0 Å². The van der Waals surface area contributed by atoms with Crippen molar-refractivity contribution in [3.05, 3.63) is 58.7 Å². The first-order valence-corrected chi connectivity index (χ1v) is 6.22. The van der Waals surface area contributed by atoms with Crippen LogP contribution in [0.4, 0.5) is 13.2 Å². The first-order valence-electron chi connectivity index (χ1n) is 6.22. The molecule has 1 nitrogen and oxygen atoms in total. The predicted octanol–water partition coefficient (Wildman–Crippen LogP) is 4.48. The molecule has 0 bridgehead atoms. The standard InChI is InChI=1S/C16H15F3O/c1-10-7-12(8-11(2)14(10)9-20)13-5-3-4-6-15(13)16(17,18)19/h3-8,20H,9H2,1-2H3. The molecule has 0 aliphatic rings. The maximum atomic E-state index is 13.0. The molecule has 1 N–H and O–H groups in total. The van der Waals surface area contributed by atoms with E-state index in [0.29, 0.717) is 5.56 Å². The van der Waals surface area contributed by atoms with E-state index >= 15 is 0 Å². The first-order chi connectivity index (χ1) is 9.34. The van der Waals surface area contributed by atoms with E-state index in [1.165, 1.54) is 12.1 Å². The molecule has 0 amide bonds. The molecule has 2 aromatic rings. The normalized spacial score (nSPS) is 11.7. The van der Waals surface area contributed by atoms with Crippen molar-refractivity contribution in [3.8, 4) is 11.1 Å². The molecule has 20 heavy (non-hydrogen) atoms. The monoisotopic (exact) mass is 280 g/mol. The Labute approximate surface area is 115 Å². The minimum absolute atomic E-state index is 0.112. The van der Waals surface area contributed by atoms with E-state index < -0.39 is 11.7 Å². The molecule has 0 heterocycles. The van der Waals surface area contributed by atoms with Gasteiger partial charge in [-0.2, -0.15) is 13.2 Å². The number of halogens is 3. The Morgan fingerprint density at radius 1 is 1.00 bits per heavy atom. The summed E-state index contributed by atoms with van der Waals surface area (Å²) in [5, 5.41) is 9.26. The van der Waals surface area contributed by atoms with Crippen LogP contribution in [0.1, 0.15) is 22.3 Å². The van der Waals surface area contributed by atoms with E-state index in [2.05, 4.69) is 0 Å². The minimum Gasteiger partial charge on any atom is -0.392 e. The molecule has 0 spiro atoms. The van der Waals surface area contributed by atoms with Gasteiger partial charge in [0, 0.05) is 0 Å². The van der Waals surface area contributed by atoms with Crippen LogP contribution in [0, 0.1) is 13.8 Å². The molecule has 0 aromatic heterocycles. The van der Waals surface area contributed by atoms with Crippen LogP contribution in [-0.2, 0) is 12.8 Å². The van der Waals surface area contributed by atoms with Crippen LogP contribution in [0.3, 0.4) is 0 Å². The molecule has 4 heteroatoms. The minimum atomic E-state index is -4.38. The van der Waals surface area contributed by atoms with Gasteiger partial charge in [0.15, 0.2) is 0 Å². The zero-order valence-corrected chi connectivity index (χ0v) is 11.3. The van der Waals surface area contributed by atoms with Crippen molar-refractivity contribution < 1.29 is 18.3 Å². The number of aliphatic hydroxyl groups is 1. The van der Waals surface area contributed by atoms with Gasteiger partial charge in [-0.05, 0) is 47.7 Å². The Hall–Kier alpha value is -1.81. The van der Waals surface area contributed by atoms with Crippen LogP contribution in [0.25, 0.3) is 11.1 Å². The van der Waals surface area contributed by atoms with Crippen LogP contribution in [-0.4, -0.2) is 5.11 Å². The van der Waals surface area contributed by atoms with E-state index in [-0.39, 0.29) is 12.2 Å². The predicted molar refractivity (Wildman–Crippen MR) is 72.3 cm³/mol. The third-order valence-electron chi connectivity index (χ3n) is 3.40. The van der Waals surface area contributed by atoms with Gasteiger partial charge in [0.05, 0.1) is 12.2 Å². The second-order valence-electron chi connectivity index (χ2n) is 4.79. The van der Waals surface area contributed by atoms with Gasteiger partial charge in [0.1, 0.15) is 0 Å². The summed E-state index contributed by atoms with van der Waals surface area (Å²) in [5.41, 5.74) is 2.38. The van der Waals surface area contributed by atoms with Gasteiger partial charge >= 0.3 is 6.18 Å². The fraction of sp³-hybridized carbons (Fsp3) is 0.250. The highest BCUT2D eigenvalue weighted by Crippen LogP contribution is 2.37. The SMILES string of the molecule is Cc1cc(-c2ccccc2C(F)(F)F)cc(C)c1CO. The molecule has 106 valence electrons. The number of alkyl halides is 3. The molecule has 0 radical (unpaired) electrons. The molecule has 0 saturated heterocycles. The summed E-state index contributed by atoms with van der Waals surface area (Å²) in [4.78, 5) is 0. The lowest BCUT2D eigenvalue weighted by atomic mass is 9.93. The summed E-state index contributed by atoms with van der Waals surface area (Å²) in [6.45, 7) is 3.47. The summed E-state index contributed by atoms with van der Waals surface area (Å²) in [5.74, 6) is 0. The lowest BCUT2D eigenvalue weighted by Gasteiger charge is -2.15. The van der Waals surface area contributed by atoms with Gasteiger partial charge in [0.25, 0.3) is 0 Å². The summed E-state index contributed by atoms with van der Waals surface area (Å²) in [6, 6.07) is 8.89. The largest absolute Gasteiger partial charge is 0.417 e. The molecule has 2 rings (SSSR count). The molecule has 0 aliphatic heterocycles. The smallest absolute Gasteiger partial charge is 0.392 e. The molecule has 2 aromatic carbocycles. The van der Waals surface area contributed by atoms with Gasteiger partial charge in [-0.3, -0.25) is 0 Å². The van der Waals surface area contributed by atoms with Crippen LogP contribution < -0.4 is 0 Å². The number of rotatable bonds is 2. The number of hydrogen-bond donors (Lipinski definition) is 1. The molecular formula is C16H15F3O. The highest BCUT2D eigenvalue weighted by atomic mass is 19.4. The maximum Gasteiger partial charge on any atom is 0.417 e. The van der Waals surface area contributed by atoms with Crippen molar-refractivity contribution >= 4 is 0 Å². The van der Waals surface area contributed by atoms with Crippen molar-refractivity contribution in [1.29, 1.82) is 0 Å². The summed E-state index contributed by atoms with van der Waals surface area (Å²) in [6.07, 6.45) is -4.38. The Morgan fingerprint density at radius 2 is 1.55 bits per heavy atom. The maximum absolute atomic E-state index is 13.0. The first kappa shape index (κ1) is 14.6. The molecular weight excluding hydrogens is 265 g/mol.